The highest BCUT2D eigenvalue weighted by Gasteiger charge is 2.42. The Balaban J connectivity index is 1.52. The molecule has 23 heavy (non-hydrogen) atoms. The Morgan fingerprint density at radius 3 is 2.52 bits per heavy atom. The first kappa shape index (κ1) is 13.7. The number of fused-ring (bicyclic) bond motifs is 5. The van der Waals surface area contributed by atoms with E-state index in [1.54, 1.807) is 0 Å². The van der Waals surface area contributed by atoms with Crippen LogP contribution in [0.25, 0.3) is 11.1 Å². The van der Waals surface area contributed by atoms with E-state index in [1.165, 1.54) is 22.3 Å². The fraction of sp³-hybridized carbons (Fsp3) is 0.400. The van der Waals surface area contributed by atoms with Crippen molar-refractivity contribution in [3.05, 3.63) is 59.2 Å². The summed E-state index contributed by atoms with van der Waals surface area (Å²) in [5, 5.41) is 14.9. The van der Waals surface area contributed by atoms with Crippen molar-refractivity contribution in [3.63, 3.8) is 0 Å². The van der Waals surface area contributed by atoms with E-state index >= 15 is 0 Å². The molecule has 1 aliphatic carbocycles. The molecule has 2 saturated heterocycles. The molecule has 0 aromatic heterocycles. The summed E-state index contributed by atoms with van der Waals surface area (Å²) < 4.78 is 5.61. The van der Waals surface area contributed by atoms with Crippen LogP contribution < -0.4 is 5.32 Å². The molecule has 2 aromatic carbocycles. The van der Waals surface area contributed by atoms with E-state index in [4.69, 9.17) is 4.74 Å². The van der Waals surface area contributed by atoms with Gasteiger partial charge in [0.05, 0.1) is 18.8 Å². The number of hydrogen-bond acceptors (Lipinski definition) is 3. The highest BCUT2D eigenvalue weighted by atomic mass is 16.5. The second-order valence-corrected chi connectivity index (χ2v) is 7.24. The van der Waals surface area contributed by atoms with Gasteiger partial charge in [-0.25, -0.2) is 0 Å². The second-order valence-electron chi connectivity index (χ2n) is 7.24. The summed E-state index contributed by atoms with van der Waals surface area (Å²) in [7, 11) is 0. The number of benzene rings is 2. The van der Waals surface area contributed by atoms with Gasteiger partial charge in [-0.3, -0.25) is 0 Å². The minimum Gasteiger partial charge on any atom is -0.385 e. The summed E-state index contributed by atoms with van der Waals surface area (Å²) in [4.78, 5) is 0. The first-order valence-electron chi connectivity index (χ1n) is 8.49. The molecule has 0 amide bonds. The number of nitrogens with one attached hydrogen (secondary N) is 1. The first-order chi connectivity index (χ1) is 11.2. The van der Waals surface area contributed by atoms with Crippen molar-refractivity contribution in [2.45, 2.75) is 36.9 Å². The lowest BCUT2D eigenvalue weighted by Crippen LogP contribution is -2.58. The van der Waals surface area contributed by atoms with Gasteiger partial charge < -0.3 is 15.2 Å². The molecule has 2 fully saturated rings. The van der Waals surface area contributed by atoms with Crippen molar-refractivity contribution in [2.75, 3.05) is 13.2 Å². The molecular weight excluding hydrogens is 286 g/mol. The highest BCUT2D eigenvalue weighted by Crippen LogP contribution is 2.41. The number of rotatable bonds is 1. The lowest BCUT2D eigenvalue weighted by Gasteiger charge is -2.45. The van der Waals surface area contributed by atoms with E-state index in [1.807, 2.05) is 0 Å². The van der Waals surface area contributed by atoms with Crippen molar-refractivity contribution < 1.29 is 9.84 Å². The van der Waals surface area contributed by atoms with Crippen molar-refractivity contribution >= 4 is 0 Å². The van der Waals surface area contributed by atoms with Crippen LogP contribution in [-0.2, 0) is 16.8 Å². The van der Waals surface area contributed by atoms with Gasteiger partial charge in [-0.05, 0) is 47.1 Å². The van der Waals surface area contributed by atoms with E-state index in [9.17, 15) is 5.11 Å². The average molecular weight is 307 g/mol. The fourth-order valence-corrected chi connectivity index (χ4v) is 4.59. The van der Waals surface area contributed by atoms with Crippen LogP contribution in [0.2, 0.25) is 0 Å². The van der Waals surface area contributed by atoms with Gasteiger partial charge in [0.25, 0.3) is 0 Å². The fourth-order valence-electron chi connectivity index (χ4n) is 4.59. The molecule has 2 heterocycles. The van der Waals surface area contributed by atoms with Crippen LogP contribution in [0.5, 0.6) is 0 Å². The maximum absolute atomic E-state index is 11.3. The van der Waals surface area contributed by atoms with Gasteiger partial charge in [-0.2, -0.15) is 0 Å². The molecule has 5 rings (SSSR count). The van der Waals surface area contributed by atoms with Crippen molar-refractivity contribution in [3.8, 4) is 11.1 Å². The lowest BCUT2D eigenvalue weighted by molar-refractivity contribution is -0.0802. The monoisotopic (exact) mass is 307 g/mol. The van der Waals surface area contributed by atoms with Crippen LogP contribution in [-0.4, -0.2) is 30.4 Å². The maximum Gasteiger partial charge on any atom is 0.0928 e. The van der Waals surface area contributed by atoms with Crippen molar-refractivity contribution in [1.29, 1.82) is 0 Å². The molecule has 3 nitrogen and oxygen atoms in total. The molecule has 0 radical (unpaired) electrons. The first-order valence-corrected chi connectivity index (χ1v) is 8.49. The molecule has 2 aromatic rings. The van der Waals surface area contributed by atoms with E-state index in [0.717, 1.165) is 24.8 Å². The second kappa shape index (κ2) is 4.91. The minimum atomic E-state index is -0.728. The lowest BCUT2D eigenvalue weighted by atomic mass is 9.77. The molecule has 0 spiro atoms. The maximum atomic E-state index is 11.3. The van der Waals surface area contributed by atoms with Gasteiger partial charge in [0.15, 0.2) is 0 Å². The normalized spacial score (nSPS) is 31.5. The Bertz CT molecular complexity index is 758. The summed E-state index contributed by atoms with van der Waals surface area (Å²) in [6.07, 6.45) is 2.44. The van der Waals surface area contributed by atoms with Gasteiger partial charge >= 0.3 is 0 Å². The molecule has 2 unspecified atom stereocenters. The molecule has 3 aliphatic rings. The Kier molecular flexibility index (Phi) is 2.93. The molecular formula is C20H21NO2. The standard InChI is InChI=1S/C20H21NO2/c22-20(9-16-11-23-12-17(10-20)21-16)15-5-6-19-14(8-15)7-13-3-1-2-4-18(13)19/h1-6,8,16-17,21-22H,7,9-12H2. The van der Waals surface area contributed by atoms with E-state index in [2.05, 4.69) is 47.8 Å². The summed E-state index contributed by atoms with van der Waals surface area (Å²) >= 11 is 0. The number of aliphatic hydroxyl groups is 1. The van der Waals surface area contributed by atoms with Crippen molar-refractivity contribution in [2.24, 2.45) is 0 Å². The molecule has 2 N–H and O–H groups in total. The van der Waals surface area contributed by atoms with Crippen LogP contribution in [0.3, 0.4) is 0 Å². The van der Waals surface area contributed by atoms with Crippen LogP contribution in [0.15, 0.2) is 42.5 Å². The van der Waals surface area contributed by atoms with Gasteiger partial charge in [-0.1, -0.05) is 42.5 Å². The molecule has 2 aliphatic heterocycles. The van der Waals surface area contributed by atoms with Crippen LogP contribution in [0.4, 0.5) is 0 Å². The number of ether oxygens (including phenoxy) is 1. The molecule has 2 atom stereocenters. The quantitative estimate of drug-likeness (QED) is 0.726. The third-order valence-electron chi connectivity index (χ3n) is 5.61. The summed E-state index contributed by atoms with van der Waals surface area (Å²) in [5.41, 5.74) is 5.75. The largest absolute Gasteiger partial charge is 0.385 e. The highest BCUT2D eigenvalue weighted by molar-refractivity contribution is 5.77. The predicted molar refractivity (Wildman–Crippen MR) is 89.3 cm³/mol. The third-order valence-corrected chi connectivity index (χ3v) is 5.61. The minimum absolute atomic E-state index is 0.262. The molecule has 0 saturated carbocycles. The average Bonchev–Trinajstić information content (AvgIpc) is 2.92. The Morgan fingerprint density at radius 2 is 1.70 bits per heavy atom. The smallest absolute Gasteiger partial charge is 0.0928 e. The van der Waals surface area contributed by atoms with Crippen LogP contribution >= 0.6 is 0 Å². The van der Waals surface area contributed by atoms with Crippen LogP contribution in [0.1, 0.15) is 29.5 Å². The zero-order valence-corrected chi connectivity index (χ0v) is 13.1. The summed E-state index contributed by atoms with van der Waals surface area (Å²) in [5.74, 6) is 0. The zero-order valence-electron chi connectivity index (χ0n) is 13.1. The van der Waals surface area contributed by atoms with E-state index < -0.39 is 5.60 Å². The molecule has 2 bridgehead atoms. The Hall–Kier alpha value is -1.68. The SMILES string of the molecule is OC1(c2ccc3c(c2)Cc2ccccc2-3)CC2COCC(C1)N2. The zero-order chi connectivity index (χ0) is 15.4. The Labute approximate surface area is 136 Å². The number of hydrogen-bond donors (Lipinski definition) is 2. The predicted octanol–water partition coefficient (Wildman–Crippen LogP) is 2.60. The molecule has 3 heteroatoms. The van der Waals surface area contributed by atoms with E-state index in [-0.39, 0.29) is 12.1 Å². The van der Waals surface area contributed by atoms with Gasteiger partial charge in [0, 0.05) is 12.1 Å². The molecule has 118 valence electrons. The summed E-state index contributed by atoms with van der Waals surface area (Å²) in [6.45, 7) is 1.41. The van der Waals surface area contributed by atoms with Gasteiger partial charge in [-0.15, -0.1) is 0 Å². The third kappa shape index (κ3) is 2.15. The van der Waals surface area contributed by atoms with Crippen LogP contribution in [0, 0.1) is 0 Å². The van der Waals surface area contributed by atoms with E-state index in [0.29, 0.717) is 13.2 Å². The topological polar surface area (TPSA) is 41.5 Å². The Morgan fingerprint density at radius 1 is 0.957 bits per heavy atom. The number of morpholine rings is 1. The van der Waals surface area contributed by atoms with Gasteiger partial charge in [0.2, 0.25) is 0 Å². The number of piperidine rings is 1. The van der Waals surface area contributed by atoms with Gasteiger partial charge in [0.1, 0.15) is 0 Å². The van der Waals surface area contributed by atoms with Crippen molar-refractivity contribution in [1.82, 2.24) is 5.32 Å². The summed E-state index contributed by atoms with van der Waals surface area (Å²) in [6, 6.07) is 15.7.